The van der Waals surface area contributed by atoms with Crippen LogP contribution in [0.4, 0.5) is 10.6 Å². The maximum absolute atomic E-state index is 12.7. The lowest BCUT2D eigenvalue weighted by Gasteiger charge is -2.18. The SMILES string of the molecule is COCC(NC(=O)OCC1c2ccccc2-c2ccccc21)C(=O)Nc1cc(C(=O)O)n(C)n1. The molecule has 10 nitrogen and oxygen atoms in total. The first kappa shape index (κ1) is 23.0. The molecular formula is C24H24N4O6. The highest BCUT2D eigenvalue weighted by molar-refractivity contribution is 5.97. The first-order valence-corrected chi connectivity index (χ1v) is 10.6. The van der Waals surface area contributed by atoms with E-state index in [0.29, 0.717) is 0 Å². The first-order chi connectivity index (χ1) is 16.4. The number of hydrogen-bond donors (Lipinski definition) is 3. The normalized spacial score (nSPS) is 13.0. The monoisotopic (exact) mass is 464 g/mol. The van der Waals surface area contributed by atoms with Crippen LogP contribution < -0.4 is 10.6 Å². The summed E-state index contributed by atoms with van der Waals surface area (Å²) in [6, 6.07) is 16.1. The highest BCUT2D eigenvalue weighted by Gasteiger charge is 2.30. The van der Waals surface area contributed by atoms with Crippen LogP contribution in [0.2, 0.25) is 0 Å². The maximum atomic E-state index is 12.7. The summed E-state index contributed by atoms with van der Waals surface area (Å²) in [5.41, 5.74) is 4.28. The molecule has 3 N–H and O–H groups in total. The molecule has 1 aliphatic rings. The van der Waals surface area contributed by atoms with Crippen molar-refractivity contribution in [2.75, 3.05) is 25.6 Å². The molecule has 1 atom stereocenters. The van der Waals surface area contributed by atoms with Crippen LogP contribution in [0.25, 0.3) is 11.1 Å². The molecule has 0 bridgehead atoms. The molecule has 3 aromatic rings. The average Bonchev–Trinajstić information content (AvgIpc) is 3.35. The Morgan fingerprint density at radius 2 is 1.71 bits per heavy atom. The van der Waals surface area contributed by atoms with Crippen LogP contribution in [0.15, 0.2) is 54.6 Å². The van der Waals surface area contributed by atoms with Gasteiger partial charge in [-0.15, -0.1) is 0 Å². The van der Waals surface area contributed by atoms with E-state index >= 15 is 0 Å². The summed E-state index contributed by atoms with van der Waals surface area (Å²) in [6.45, 7) is -0.0158. The number of aromatic carboxylic acids is 1. The van der Waals surface area contributed by atoms with Gasteiger partial charge in [-0.2, -0.15) is 5.10 Å². The van der Waals surface area contributed by atoms with E-state index in [1.807, 2.05) is 48.5 Å². The summed E-state index contributed by atoms with van der Waals surface area (Å²) in [5, 5.41) is 18.1. The van der Waals surface area contributed by atoms with Crippen LogP contribution in [-0.4, -0.2) is 59.2 Å². The molecule has 0 saturated heterocycles. The summed E-state index contributed by atoms with van der Waals surface area (Å²) in [6.07, 6.45) is -0.772. The van der Waals surface area contributed by atoms with Crippen molar-refractivity contribution in [2.24, 2.45) is 7.05 Å². The fraction of sp³-hybridized carbons (Fsp3) is 0.250. The van der Waals surface area contributed by atoms with Crippen molar-refractivity contribution >= 4 is 23.8 Å². The number of alkyl carbamates (subject to hydrolysis) is 1. The molecule has 0 saturated carbocycles. The third kappa shape index (κ3) is 4.62. The first-order valence-electron chi connectivity index (χ1n) is 10.6. The number of methoxy groups -OCH3 is 1. The molecule has 0 fully saturated rings. The number of ether oxygens (including phenoxy) is 2. The number of carboxylic acid groups (broad SMARTS) is 1. The number of hydrogen-bond acceptors (Lipinski definition) is 6. The van der Waals surface area contributed by atoms with Gasteiger partial charge in [0.2, 0.25) is 0 Å². The van der Waals surface area contributed by atoms with Crippen LogP contribution in [0.5, 0.6) is 0 Å². The Morgan fingerprint density at radius 1 is 1.09 bits per heavy atom. The molecule has 0 radical (unpaired) electrons. The summed E-state index contributed by atoms with van der Waals surface area (Å²) < 4.78 is 11.7. The molecule has 0 aliphatic heterocycles. The van der Waals surface area contributed by atoms with Crippen LogP contribution >= 0.6 is 0 Å². The molecule has 1 unspecified atom stereocenters. The lowest BCUT2D eigenvalue weighted by Crippen LogP contribution is -2.47. The third-order valence-corrected chi connectivity index (χ3v) is 5.64. The minimum Gasteiger partial charge on any atom is -0.477 e. The van der Waals surface area contributed by atoms with E-state index in [1.54, 1.807) is 0 Å². The number of aromatic nitrogens is 2. The van der Waals surface area contributed by atoms with E-state index in [1.165, 1.54) is 20.2 Å². The number of nitrogens with zero attached hydrogens (tertiary/aromatic N) is 2. The van der Waals surface area contributed by atoms with Gasteiger partial charge in [0.05, 0.1) is 6.61 Å². The van der Waals surface area contributed by atoms with Gasteiger partial charge in [-0.3, -0.25) is 9.48 Å². The Labute approximate surface area is 195 Å². The summed E-state index contributed by atoms with van der Waals surface area (Å²) >= 11 is 0. The van der Waals surface area contributed by atoms with Crippen LogP contribution in [0.3, 0.4) is 0 Å². The van der Waals surface area contributed by atoms with Crippen molar-refractivity contribution in [3.63, 3.8) is 0 Å². The van der Waals surface area contributed by atoms with Gasteiger partial charge in [-0.25, -0.2) is 9.59 Å². The van der Waals surface area contributed by atoms with Gasteiger partial charge in [0.1, 0.15) is 18.3 Å². The number of rotatable bonds is 8. The van der Waals surface area contributed by atoms with Gasteiger partial charge < -0.3 is 25.2 Å². The topological polar surface area (TPSA) is 132 Å². The number of anilines is 1. The summed E-state index contributed by atoms with van der Waals surface area (Å²) in [7, 11) is 2.84. The van der Waals surface area contributed by atoms with Gasteiger partial charge in [-0.1, -0.05) is 48.5 Å². The van der Waals surface area contributed by atoms with E-state index < -0.39 is 24.0 Å². The number of aryl methyl sites for hydroxylation is 1. The highest BCUT2D eigenvalue weighted by atomic mass is 16.5. The van der Waals surface area contributed by atoms with Crippen molar-refractivity contribution in [1.82, 2.24) is 15.1 Å². The molecular weight excluding hydrogens is 440 g/mol. The minimum atomic E-state index is -1.18. The smallest absolute Gasteiger partial charge is 0.407 e. The molecule has 0 spiro atoms. The number of carboxylic acids is 1. The van der Waals surface area contributed by atoms with Crippen molar-refractivity contribution in [1.29, 1.82) is 0 Å². The van der Waals surface area contributed by atoms with Crippen LogP contribution in [0.1, 0.15) is 27.5 Å². The molecule has 2 aromatic carbocycles. The molecule has 34 heavy (non-hydrogen) atoms. The lowest BCUT2D eigenvalue weighted by molar-refractivity contribution is -0.119. The molecule has 1 aromatic heterocycles. The Bertz CT molecular complexity index is 1190. The molecule has 2 amide bonds. The largest absolute Gasteiger partial charge is 0.477 e. The number of fused-ring (bicyclic) bond motifs is 3. The number of amides is 2. The summed E-state index contributed by atoms with van der Waals surface area (Å²) in [5.74, 6) is -1.87. The van der Waals surface area contributed by atoms with E-state index in [9.17, 15) is 14.4 Å². The van der Waals surface area contributed by atoms with Gasteiger partial charge >= 0.3 is 12.1 Å². The number of nitrogens with one attached hydrogen (secondary N) is 2. The highest BCUT2D eigenvalue weighted by Crippen LogP contribution is 2.44. The van der Waals surface area contributed by atoms with Crippen molar-refractivity contribution in [2.45, 2.75) is 12.0 Å². The van der Waals surface area contributed by atoms with E-state index in [4.69, 9.17) is 14.6 Å². The zero-order chi connectivity index (χ0) is 24.2. The second-order valence-corrected chi connectivity index (χ2v) is 7.81. The molecule has 1 heterocycles. The number of carbonyl (C=O) groups excluding carboxylic acids is 2. The van der Waals surface area contributed by atoms with Gasteiger partial charge in [-0.05, 0) is 22.3 Å². The van der Waals surface area contributed by atoms with Gasteiger partial charge in [0.15, 0.2) is 5.82 Å². The fourth-order valence-corrected chi connectivity index (χ4v) is 4.07. The van der Waals surface area contributed by atoms with Gasteiger partial charge in [0.25, 0.3) is 5.91 Å². The Kier molecular flexibility index (Phi) is 6.60. The Balaban J connectivity index is 1.40. The van der Waals surface area contributed by atoms with Crippen molar-refractivity contribution in [3.05, 3.63) is 71.4 Å². The molecule has 4 rings (SSSR count). The second-order valence-electron chi connectivity index (χ2n) is 7.81. The van der Waals surface area contributed by atoms with Crippen molar-refractivity contribution < 1.29 is 29.0 Å². The Morgan fingerprint density at radius 3 is 2.26 bits per heavy atom. The van der Waals surface area contributed by atoms with Crippen LogP contribution in [-0.2, 0) is 21.3 Å². The second kappa shape index (κ2) is 9.75. The lowest BCUT2D eigenvalue weighted by atomic mass is 9.98. The Hall–Kier alpha value is -4.18. The zero-order valence-corrected chi connectivity index (χ0v) is 18.6. The molecule has 1 aliphatic carbocycles. The summed E-state index contributed by atoms with van der Waals surface area (Å²) in [4.78, 5) is 36.4. The zero-order valence-electron chi connectivity index (χ0n) is 18.6. The van der Waals surface area contributed by atoms with Crippen LogP contribution in [0, 0.1) is 0 Å². The molecule has 10 heteroatoms. The standard InChI is InChI=1S/C24H24N4O6/c1-28-20(23(30)31)11-21(27-28)26-22(29)19(13-33-2)25-24(32)34-12-18-16-9-5-3-7-14(16)15-8-4-6-10-17(15)18/h3-11,18-19H,12-13H2,1-2H3,(H,25,32)(H,30,31)(H,26,27,29). The van der Waals surface area contributed by atoms with E-state index in [-0.39, 0.29) is 30.6 Å². The molecule has 176 valence electrons. The number of benzene rings is 2. The predicted molar refractivity (Wildman–Crippen MR) is 123 cm³/mol. The predicted octanol–water partition coefficient (Wildman–Crippen LogP) is 2.61. The average molecular weight is 464 g/mol. The van der Waals surface area contributed by atoms with E-state index in [0.717, 1.165) is 26.9 Å². The van der Waals surface area contributed by atoms with Crippen molar-refractivity contribution in [3.8, 4) is 11.1 Å². The quantitative estimate of drug-likeness (QED) is 0.467. The third-order valence-electron chi connectivity index (χ3n) is 5.64. The fourth-order valence-electron chi connectivity index (χ4n) is 4.07. The maximum Gasteiger partial charge on any atom is 0.407 e. The number of carbonyl (C=O) groups is 3. The van der Waals surface area contributed by atoms with Gasteiger partial charge in [0, 0.05) is 26.1 Å². The minimum absolute atomic E-state index is 0.0420. The van der Waals surface area contributed by atoms with E-state index in [2.05, 4.69) is 15.7 Å².